The third-order valence-corrected chi connectivity index (χ3v) is 2.93. The molecule has 0 aliphatic heterocycles. The number of carbonyl (C=O) groups is 1. The molecule has 0 saturated carbocycles. The highest BCUT2D eigenvalue weighted by atomic mass is 35.5. The summed E-state index contributed by atoms with van der Waals surface area (Å²) in [5.74, 6) is -1.01. The number of halogens is 2. The average molecular weight is 289 g/mol. The first-order valence-electron chi connectivity index (χ1n) is 5.86. The van der Waals surface area contributed by atoms with Gasteiger partial charge in [0.05, 0.1) is 12.1 Å². The molecule has 0 aliphatic carbocycles. The Kier molecular flexibility index (Phi) is 6.21. The highest BCUT2D eigenvalue weighted by molar-refractivity contribution is 6.30. The van der Waals surface area contributed by atoms with Gasteiger partial charge in [0.1, 0.15) is 11.9 Å². The Bertz CT molecular complexity index is 441. The summed E-state index contributed by atoms with van der Waals surface area (Å²) in [5.41, 5.74) is 0.493. The van der Waals surface area contributed by atoms with E-state index < -0.39 is 17.8 Å². The first kappa shape index (κ1) is 15.9. The molecule has 0 fully saturated rings. The van der Waals surface area contributed by atoms with Gasteiger partial charge < -0.3 is 9.64 Å². The third kappa shape index (κ3) is 4.78. The Labute approximate surface area is 117 Å². The van der Waals surface area contributed by atoms with Gasteiger partial charge >= 0.3 is 5.97 Å². The fourth-order valence-electron chi connectivity index (χ4n) is 1.58. The quantitative estimate of drug-likeness (QED) is 0.811. The molecule has 0 heterocycles. The number of benzene rings is 1. The molecular formula is C13H18ClFN2O2. The molecule has 1 atom stereocenters. The highest BCUT2D eigenvalue weighted by Crippen LogP contribution is 2.21. The van der Waals surface area contributed by atoms with Crippen molar-refractivity contribution in [2.45, 2.75) is 6.04 Å². The van der Waals surface area contributed by atoms with E-state index in [1.807, 2.05) is 19.0 Å². The number of ether oxygens (including phenoxy) is 1. The van der Waals surface area contributed by atoms with E-state index in [1.165, 1.54) is 19.2 Å². The Morgan fingerprint density at radius 1 is 1.53 bits per heavy atom. The SMILES string of the molecule is COC(=O)C(NCCN(C)C)c1ccc(Cl)c(F)c1. The largest absolute Gasteiger partial charge is 0.468 e. The van der Waals surface area contributed by atoms with E-state index >= 15 is 0 Å². The Balaban J connectivity index is 2.83. The molecule has 0 aromatic heterocycles. The van der Waals surface area contributed by atoms with Gasteiger partial charge in [0.2, 0.25) is 0 Å². The van der Waals surface area contributed by atoms with Gasteiger partial charge in [0.15, 0.2) is 0 Å². The minimum atomic E-state index is -0.697. The molecule has 106 valence electrons. The summed E-state index contributed by atoms with van der Waals surface area (Å²) >= 11 is 5.63. The van der Waals surface area contributed by atoms with Crippen molar-refractivity contribution in [1.29, 1.82) is 0 Å². The number of hydrogen-bond donors (Lipinski definition) is 1. The molecular weight excluding hydrogens is 271 g/mol. The van der Waals surface area contributed by atoms with Crippen molar-refractivity contribution in [2.24, 2.45) is 0 Å². The number of rotatable bonds is 6. The second-order valence-corrected chi connectivity index (χ2v) is 4.79. The van der Waals surface area contributed by atoms with Gasteiger partial charge in [-0.2, -0.15) is 0 Å². The van der Waals surface area contributed by atoms with Gasteiger partial charge in [-0.25, -0.2) is 9.18 Å². The van der Waals surface area contributed by atoms with Crippen LogP contribution in [0.3, 0.4) is 0 Å². The first-order valence-corrected chi connectivity index (χ1v) is 6.24. The monoisotopic (exact) mass is 288 g/mol. The van der Waals surface area contributed by atoms with E-state index in [9.17, 15) is 9.18 Å². The lowest BCUT2D eigenvalue weighted by Gasteiger charge is -2.18. The zero-order valence-corrected chi connectivity index (χ0v) is 12.0. The maximum Gasteiger partial charge on any atom is 0.327 e. The Morgan fingerprint density at radius 2 is 2.21 bits per heavy atom. The molecule has 1 rings (SSSR count). The van der Waals surface area contributed by atoms with E-state index in [0.29, 0.717) is 12.1 Å². The molecule has 1 unspecified atom stereocenters. The van der Waals surface area contributed by atoms with E-state index in [1.54, 1.807) is 6.07 Å². The normalized spacial score (nSPS) is 12.5. The number of carbonyl (C=O) groups excluding carboxylic acids is 1. The average Bonchev–Trinajstić information content (AvgIpc) is 2.37. The van der Waals surface area contributed by atoms with E-state index in [-0.39, 0.29) is 5.02 Å². The molecule has 0 radical (unpaired) electrons. The van der Waals surface area contributed by atoms with Crippen LogP contribution in [0.2, 0.25) is 5.02 Å². The minimum Gasteiger partial charge on any atom is -0.468 e. The molecule has 0 bridgehead atoms. The predicted molar refractivity (Wildman–Crippen MR) is 72.7 cm³/mol. The van der Waals surface area contributed by atoms with Crippen molar-refractivity contribution < 1.29 is 13.9 Å². The van der Waals surface area contributed by atoms with Crippen LogP contribution in [0, 0.1) is 5.82 Å². The van der Waals surface area contributed by atoms with Crippen LogP contribution < -0.4 is 5.32 Å². The molecule has 0 saturated heterocycles. The number of esters is 1. The lowest BCUT2D eigenvalue weighted by Crippen LogP contribution is -2.34. The van der Waals surface area contributed by atoms with Crippen LogP contribution in [0.5, 0.6) is 0 Å². The van der Waals surface area contributed by atoms with Crippen LogP contribution >= 0.6 is 11.6 Å². The van der Waals surface area contributed by atoms with Crippen LogP contribution in [0.25, 0.3) is 0 Å². The topological polar surface area (TPSA) is 41.6 Å². The summed E-state index contributed by atoms with van der Waals surface area (Å²) in [6.45, 7) is 1.33. The van der Waals surface area contributed by atoms with Crippen molar-refractivity contribution in [3.05, 3.63) is 34.6 Å². The van der Waals surface area contributed by atoms with E-state index in [2.05, 4.69) is 5.32 Å². The summed E-state index contributed by atoms with van der Waals surface area (Å²) < 4.78 is 18.2. The maximum atomic E-state index is 13.4. The number of methoxy groups -OCH3 is 1. The molecule has 0 aliphatic rings. The predicted octanol–water partition coefficient (Wildman–Crippen LogP) is 1.84. The van der Waals surface area contributed by atoms with Crippen molar-refractivity contribution in [3.8, 4) is 0 Å². The van der Waals surface area contributed by atoms with Crippen molar-refractivity contribution in [3.63, 3.8) is 0 Å². The zero-order chi connectivity index (χ0) is 14.4. The van der Waals surface area contributed by atoms with Crippen LogP contribution in [-0.2, 0) is 9.53 Å². The first-order chi connectivity index (χ1) is 8.95. The lowest BCUT2D eigenvalue weighted by molar-refractivity contribution is -0.143. The fourth-order valence-corrected chi connectivity index (χ4v) is 1.70. The van der Waals surface area contributed by atoms with E-state index in [0.717, 1.165) is 6.54 Å². The summed E-state index contributed by atoms with van der Waals surface area (Å²) in [5, 5.41) is 3.07. The number of nitrogens with one attached hydrogen (secondary N) is 1. The summed E-state index contributed by atoms with van der Waals surface area (Å²) in [6.07, 6.45) is 0. The molecule has 1 N–H and O–H groups in total. The molecule has 4 nitrogen and oxygen atoms in total. The van der Waals surface area contributed by atoms with Gasteiger partial charge in [-0.3, -0.25) is 5.32 Å². The second kappa shape index (κ2) is 7.43. The van der Waals surface area contributed by atoms with Crippen LogP contribution in [-0.4, -0.2) is 45.2 Å². The number of likely N-dealkylation sites (N-methyl/N-ethyl adjacent to an activating group) is 1. The summed E-state index contributed by atoms with van der Waals surface area (Å²) in [4.78, 5) is 13.7. The van der Waals surface area contributed by atoms with Gasteiger partial charge in [-0.05, 0) is 31.8 Å². The molecule has 1 aromatic rings. The number of hydrogen-bond acceptors (Lipinski definition) is 4. The third-order valence-electron chi connectivity index (χ3n) is 2.62. The molecule has 1 aromatic carbocycles. The molecule has 19 heavy (non-hydrogen) atoms. The summed E-state index contributed by atoms with van der Waals surface area (Å²) in [6, 6.07) is 3.58. The van der Waals surface area contributed by atoms with Gasteiger partial charge in [0.25, 0.3) is 0 Å². The number of nitrogens with zero attached hydrogens (tertiary/aromatic N) is 1. The van der Waals surface area contributed by atoms with Crippen LogP contribution in [0.4, 0.5) is 4.39 Å². The fraction of sp³-hybridized carbons (Fsp3) is 0.462. The highest BCUT2D eigenvalue weighted by Gasteiger charge is 2.21. The second-order valence-electron chi connectivity index (χ2n) is 4.39. The standard InChI is InChI=1S/C13H18ClFN2O2/c1-17(2)7-6-16-12(13(18)19-3)9-4-5-10(14)11(15)8-9/h4-5,8,12,16H,6-7H2,1-3H3. The molecule has 6 heteroatoms. The van der Waals surface area contributed by atoms with Crippen LogP contribution in [0.1, 0.15) is 11.6 Å². The maximum absolute atomic E-state index is 13.4. The van der Waals surface area contributed by atoms with E-state index in [4.69, 9.17) is 16.3 Å². The smallest absolute Gasteiger partial charge is 0.327 e. The van der Waals surface area contributed by atoms with Gasteiger partial charge in [0, 0.05) is 13.1 Å². The van der Waals surface area contributed by atoms with Gasteiger partial charge in [-0.15, -0.1) is 0 Å². The van der Waals surface area contributed by atoms with Crippen molar-refractivity contribution in [2.75, 3.05) is 34.3 Å². The zero-order valence-electron chi connectivity index (χ0n) is 11.2. The molecule has 0 spiro atoms. The summed E-state index contributed by atoms with van der Waals surface area (Å²) in [7, 11) is 5.16. The van der Waals surface area contributed by atoms with Crippen molar-refractivity contribution in [1.82, 2.24) is 10.2 Å². The lowest BCUT2D eigenvalue weighted by atomic mass is 10.1. The Hall–Kier alpha value is -1.17. The van der Waals surface area contributed by atoms with Gasteiger partial charge in [-0.1, -0.05) is 17.7 Å². The Morgan fingerprint density at radius 3 is 2.74 bits per heavy atom. The van der Waals surface area contributed by atoms with Crippen molar-refractivity contribution >= 4 is 17.6 Å². The molecule has 0 amide bonds. The minimum absolute atomic E-state index is 0.0284. The van der Waals surface area contributed by atoms with Crippen LogP contribution in [0.15, 0.2) is 18.2 Å².